The predicted octanol–water partition coefficient (Wildman–Crippen LogP) is 4.83. The van der Waals surface area contributed by atoms with Gasteiger partial charge in [0.2, 0.25) is 0 Å². The number of carbonyl (C=O) groups excluding carboxylic acids is 1. The van der Waals surface area contributed by atoms with Crippen LogP contribution in [0.3, 0.4) is 0 Å². The van der Waals surface area contributed by atoms with Gasteiger partial charge in [-0.3, -0.25) is 9.79 Å². The predicted molar refractivity (Wildman–Crippen MR) is 118 cm³/mol. The SMILES string of the molecule is O=C(c1ccc(-c2ccc3c(c2)CCO3)cc1)N(C1CC1)C1CCC2=C(C=NC2)C1. The molecule has 0 aromatic heterocycles. The van der Waals surface area contributed by atoms with Crippen molar-refractivity contribution in [3.63, 3.8) is 0 Å². The number of aliphatic imine (C=N–C) groups is 1. The first kappa shape index (κ1) is 17.9. The van der Waals surface area contributed by atoms with Gasteiger partial charge in [-0.25, -0.2) is 0 Å². The highest BCUT2D eigenvalue weighted by molar-refractivity contribution is 5.95. The Hall–Kier alpha value is -2.88. The van der Waals surface area contributed by atoms with Crippen molar-refractivity contribution in [1.82, 2.24) is 4.90 Å². The molecular weight excluding hydrogens is 372 g/mol. The molecule has 2 aliphatic heterocycles. The number of fused-ring (bicyclic) bond motifs is 1. The molecule has 6 rings (SSSR count). The second kappa shape index (κ2) is 7.12. The molecular formula is C26H26N2O2. The minimum atomic E-state index is 0.190. The second-order valence-electron chi connectivity index (χ2n) is 8.94. The Morgan fingerprint density at radius 2 is 1.80 bits per heavy atom. The van der Waals surface area contributed by atoms with Crippen LogP contribution in [0, 0.1) is 0 Å². The fourth-order valence-corrected chi connectivity index (χ4v) is 5.13. The van der Waals surface area contributed by atoms with Crippen LogP contribution >= 0.6 is 0 Å². The topological polar surface area (TPSA) is 41.9 Å². The lowest BCUT2D eigenvalue weighted by atomic mass is 9.88. The van der Waals surface area contributed by atoms with E-state index in [1.807, 2.05) is 18.3 Å². The molecule has 0 spiro atoms. The van der Waals surface area contributed by atoms with E-state index < -0.39 is 0 Å². The van der Waals surface area contributed by atoms with E-state index >= 15 is 0 Å². The fraction of sp³-hybridized carbons (Fsp3) is 0.385. The quantitative estimate of drug-likeness (QED) is 0.740. The van der Waals surface area contributed by atoms with Crippen LogP contribution in [0.4, 0.5) is 0 Å². The highest BCUT2D eigenvalue weighted by atomic mass is 16.5. The highest BCUT2D eigenvalue weighted by Crippen LogP contribution is 2.38. The van der Waals surface area contributed by atoms with Crippen LogP contribution in [-0.2, 0) is 6.42 Å². The molecule has 1 unspecified atom stereocenters. The van der Waals surface area contributed by atoms with Crippen molar-refractivity contribution in [3.8, 4) is 16.9 Å². The largest absolute Gasteiger partial charge is 0.493 e. The van der Waals surface area contributed by atoms with E-state index in [0.29, 0.717) is 12.1 Å². The summed E-state index contributed by atoms with van der Waals surface area (Å²) in [6.07, 6.45) is 8.40. The lowest BCUT2D eigenvalue weighted by molar-refractivity contribution is 0.0645. The van der Waals surface area contributed by atoms with Gasteiger partial charge >= 0.3 is 0 Å². The molecule has 2 heterocycles. The van der Waals surface area contributed by atoms with Gasteiger partial charge in [-0.15, -0.1) is 0 Å². The molecule has 30 heavy (non-hydrogen) atoms. The molecule has 0 radical (unpaired) electrons. The third kappa shape index (κ3) is 3.15. The van der Waals surface area contributed by atoms with Gasteiger partial charge in [-0.1, -0.05) is 18.2 Å². The molecule has 4 aliphatic rings. The van der Waals surface area contributed by atoms with E-state index in [1.54, 1.807) is 0 Å². The van der Waals surface area contributed by atoms with Crippen LogP contribution in [0.5, 0.6) is 5.75 Å². The van der Waals surface area contributed by atoms with Gasteiger partial charge in [0.15, 0.2) is 0 Å². The molecule has 0 saturated heterocycles. The first-order valence-corrected chi connectivity index (χ1v) is 11.2. The van der Waals surface area contributed by atoms with Crippen molar-refractivity contribution < 1.29 is 9.53 Å². The van der Waals surface area contributed by atoms with E-state index in [-0.39, 0.29) is 5.91 Å². The molecule has 0 N–H and O–H groups in total. The Morgan fingerprint density at radius 3 is 2.63 bits per heavy atom. The fourth-order valence-electron chi connectivity index (χ4n) is 5.13. The Bertz CT molecular complexity index is 1060. The van der Waals surface area contributed by atoms with Gasteiger partial charge in [-0.2, -0.15) is 0 Å². The van der Waals surface area contributed by atoms with Crippen molar-refractivity contribution in [3.05, 3.63) is 64.7 Å². The Labute approximate surface area is 177 Å². The Morgan fingerprint density at radius 1 is 0.967 bits per heavy atom. The summed E-state index contributed by atoms with van der Waals surface area (Å²) in [7, 11) is 0. The van der Waals surface area contributed by atoms with Crippen LogP contribution in [0.1, 0.15) is 48.0 Å². The van der Waals surface area contributed by atoms with Crippen LogP contribution < -0.4 is 4.74 Å². The maximum atomic E-state index is 13.5. The van der Waals surface area contributed by atoms with Crippen molar-refractivity contribution in [2.45, 2.75) is 50.6 Å². The average Bonchev–Trinajstić information content (AvgIpc) is 3.31. The number of nitrogens with zero attached hydrogens (tertiary/aromatic N) is 2. The zero-order valence-corrected chi connectivity index (χ0v) is 17.1. The third-order valence-electron chi connectivity index (χ3n) is 6.94. The molecule has 2 aromatic carbocycles. The lowest BCUT2D eigenvalue weighted by Gasteiger charge is -2.35. The summed E-state index contributed by atoms with van der Waals surface area (Å²) in [5.74, 6) is 1.19. The summed E-state index contributed by atoms with van der Waals surface area (Å²) in [5, 5.41) is 0. The van der Waals surface area contributed by atoms with Crippen LogP contribution in [0.2, 0.25) is 0 Å². The molecule has 0 bridgehead atoms. The number of rotatable bonds is 4. The molecule has 4 heteroatoms. The summed E-state index contributed by atoms with van der Waals surface area (Å²) >= 11 is 0. The lowest BCUT2D eigenvalue weighted by Crippen LogP contribution is -2.43. The standard InChI is InChI=1S/C26H26N2O2/c29-26(28(23-8-9-23)24-7-5-21-15-27-16-22(21)14-24)18-3-1-17(2-4-18)19-6-10-25-20(13-19)11-12-30-25/h1-4,6,10,13,16,23-24H,5,7-9,11-12,14-15H2. The molecule has 1 amide bonds. The zero-order chi connectivity index (χ0) is 20.1. The van der Waals surface area contributed by atoms with Gasteiger partial charge < -0.3 is 9.64 Å². The maximum Gasteiger partial charge on any atom is 0.254 e. The summed E-state index contributed by atoms with van der Waals surface area (Å²) < 4.78 is 5.62. The van der Waals surface area contributed by atoms with Crippen LogP contribution in [-0.4, -0.2) is 42.3 Å². The van der Waals surface area contributed by atoms with Gasteiger partial charge in [0, 0.05) is 30.3 Å². The second-order valence-corrected chi connectivity index (χ2v) is 8.94. The molecule has 2 aromatic rings. The Balaban J connectivity index is 1.23. The van der Waals surface area contributed by atoms with Crippen molar-refractivity contribution in [1.29, 1.82) is 0 Å². The molecule has 4 nitrogen and oxygen atoms in total. The molecule has 1 atom stereocenters. The molecule has 1 saturated carbocycles. The zero-order valence-electron chi connectivity index (χ0n) is 17.1. The maximum absolute atomic E-state index is 13.5. The van der Waals surface area contributed by atoms with E-state index in [0.717, 1.165) is 68.6 Å². The first-order chi connectivity index (χ1) is 14.8. The summed E-state index contributed by atoms with van der Waals surface area (Å²) in [6.45, 7) is 1.64. The molecule has 2 aliphatic carbocycles. The smallest absolute Gasteiger partial charge is 0.254 e. The average molecular weight is 399 g/mol. The van der Waals surface area contributed by atoms with E-state index in [2.05, 4.69) is 40.2 Å². The van der Waals surface area contributed by atoms with Crippen molar-refractivity contribution in [2.75, 3.05) is 13.2 Å². The number of hydrogen-bond donors (Lipinski definition) is 0. The number of ether oxygens (including phenoxy) is 1. The van der Waals surface area contributed by atoms with Gasteiger partial charge in [-0.05, 0) is 84.2 Å². The highest BCUT2D eigenvalue weighted by Gasteiger charge is 2.39. The Kier molecular flexibility index (Phi) is 4.26. The third-order valence-corrected chi connectivity index (χ3v) is 6.94. The van der Waals surface area contributed by atoms with E-state index in [9.17, 15) is 4.79 Å². The summed E-state index contributed by atoms with van der Waals surface area (Å²) in [6, 6.07) is 15.3. The van der Waals surface area contributed by atoms with Crippen molar-refractivity contribution in [2.24, 2.45) is 4.99 Å². The van der Waals surface area contributed by atoms with Crippen LogP contribution in [0.15, 0.2) is 58.6 Å². The van der Waals surface area contributed by atoms with Gasteiger partial charge in [0.1, 0.15) is 5.75 Å². The van der Waals surface area contributed by atoms with Gasteiger partial charge in [0.05, 0.1) is 13.2 Å². The van der Waals surface area contributed by atoms with Gasteiger partial charge in [0.25, 0.3) is 5.91 Å². The number of hydrogen-bond acceptors (Lipinski definition) is 3. The van der Waals surface area contributed by atoms with Crippen molar-refractivity contribution >= 4 is 12.1 Å². The number of amides is 1. The van der Waals surface area contributed by atoms with E-state index in [4.69, 9.17) is 4.74 Å². The summed E-state index contributed by atoms with van der Waals surface area (Å²) in [4.78, 5) is 20.1. The molecule has 152 valence electrons. The minimum absolute atomic E-state index is 0.190. The monoisotopic (exact) mass is 398 g/mol. The molecule has 1 fully saturated rings. The normalized spacial score (nSPS) is 21.9. The number of carbonyl (C=O) groups is 1. The first-order valence-electron chi connectivity index (χ1n) is 11.2. The number of benzene rings is 2. The minimum Gasteiger partial charge on any atom is -0.493 e. The van der Waals surface area contributed by atoms with Crippen LogP contribution in [0.25, 0.3) is 11.1 Å². The summed E-state index contributed by atoms with van der Waals surface area (Å²) in [5.41, 5.74) is 7.27. The van der Waals surface area contributed by atoms with E-state index in [1.165, 1.54) is 22.3 Å².